The number of hydrogen-bond acceptors (Lipinski definition) is 3. The lowest BCUT2D eigenvalue weighted by Crippen LogP contribution is -2.25. The van der Waals surface area contributed by atoms with Gasteiger partial charge in [0.2, 0.25) is 10.0 Å². The van der Waals surface area contributed by atoms with Crippen LogP contribution in [0.1, 0.15) is 5.56 Å². The van der Waals surface area contributed by atoms with Crippen LogP contribution in [0.2, 0.25) is 5.02 Å². The van der Waals surface area contributed by atoms with Crippen molar-refractivity contribution >= 4 is 21.6 Å². The molecule has 0 spiro atoms. The molecule has 4 nitrogen and oxygen atoms in total. The molecule has 0 fully saturated rings. The minimum atomic E-state index is -4.99. The fourth-order valence-electron chi connectivity index (χ4n) is 1.78. The summed E-state index contributed by atoms with van der Waals surface area (Å²) in [6.07, 6.45) is -4.99. The molecule has 0 atom stereocenters. The zero-order chi connectivity index (χ0) is 17.1. The SMILES string of the molecule is O=S(=O)(NCc1cccc(Cl)c1)c1ccccc1OC(F)(F)F. The zero-order valence-corrected chi connectivity index (χ0v) is 13.0. The Morgan fingerprint density at radius 3 is 2.43 bits per heavy atom. The second kappa shape index (κ2) is 6.77. The first-order valence-corrected chi connectivity index (χ1v) is 8.12. The van der Waals surface area contributed by atoms with E-state index in [1.165, 1.54) is 12.1 Å². The van der Waals surface area contributed by atoms with Gasteiger partial charge in [0.25, 0.3) is 0 Å². The van der Waals surface area contributed by atoms with Gasteiger partial charge in [-0.1, -0.05) is 35.9 Å². The maximum absolute atomic E-state index is 12.4. The Morgan fingerprint density at radius 2 is 1.78 bits per heavy atom. The summed E-state index contributed by atoms with van der Waals surface area (Å²) in [5, 5.41) is 0.419. The molecule has 0 radical (unpaired) electrons. The van der Waals surface area contributed by atoms with Crippen molar-refractivity contribution in [1.82, 2.24) is 4.72 Å². The van der Waals surface area contributed by atoms with Gasteiger partial charge in [0, 0.05) is 11.6 Å². The third kappa shape index (κ3) is 5.12. The normalized spacial score (nSPS) is 12.2. The lowest BCUT2D eigenvalue weighted by atomic mass is 10.2. The molecule has 0 aliphatic carbocycles. The van der Waals surface area contributed by atoms with Crippen LogP contribution in [0.3, 0.4) is 0 Å². The topological polar surface area (TPSA) is 55.4 Å². The van der Waals surface area contributed by atoms with E-state index in [9.17, 15) is 21.6 Å². The Morgan fingerprint density at radius 1 is 1.09 bits per heavy atom. The lowest BCUT2D eigenvalue weighted by Gasteiger charge is -2.14. The van der Waals surface area contributed by atoms with Crippen molar-refractivity contribution in [2.45, 2.75) is 17.8 Å². The second-order valence-electron chi connectivity index (χ2n) is 4.45. The van der Waals surface area contributed by atoms with Crippen molar-refractivity contribution in [3.8, 4) is 5.75 Å². The predicted molar refractivity (Wildman–Crippen MR) is 78.6 cm³/mol. The van der Waals surface area contributed by atoms with E-state index in [4.69, 9.17) is 11.6 Å². The summed E-state index contributed by atoms with van der Waals surface area (Å²) < 4.78 is 67.4. The smallest absolute Gasteiger partial charge is 0.404 e. The standard InChI is InChI=1S/C14H11ClF3NO3S/c15-11-5-3-4-10(8-11)9-19-23(20,21)13-7-2-1-6-12(13)22-14(16,17)18/h1-8,19H,9H2. The first-order chi connectivity index (χ1) is 10.7. The number of halogens is 4. The highest BCUT2D eigenvalue weighted by Crippen LogP contribution is 2.29. The van der Waals surface area contributed by atoms with Gasteiger partial charge in [0.15, 0.2) is 0 Å². The van der Waals surface area contributed by atoms with Crippen LogP contribution in [0.25, 0.3) is 0 Å². The Kier molecular flexibility index (Phi) is 5.18. The van der Waals surface area contributed by atoms with E-state index in [0.29, 0.717) is 10.6 Å². The van der Waals surface area contributed by atoms with E-state index in [1.807, 2.05) is 0 Å². The van der Waals surface area contributed by atoms with Crippen LogP contribution in [0, 0.1) is 0 Å². The molecule has 0 bridgehead atoms. The van der Waals surface area contributed by atoms with Crippen molar-refractivity contribution in [2.24, 2.45) is 0 Å². The minimum absolute atomic E-state index is 0.122. The second-order valence-corrected chi connectivity index (χ2v) is 6.62. The number of para-hydroxylation sites is 1. The number of rotatable bonds is 5. The Balaban J connectivity index is 2.23. The zero-order valence-electron chi connectivity index (χ0n) is 11.5. The molecule has 9 heteroatoms. The number of ether oxygens (including phenoxy) is 1. The third-order valence-corrected chi connectivity index (χ3v) is 4.40. The maximum Gasteiger partial charge on any atom is 0.573 e. The maximum atomic E-state index is 12.4. The molecule has 0 amide bonds. The first kappa shape index (κ1) is 17.6. The molecule has 23 heavy (non-hydrogen) atoms. The fraction of sp³-hybridized carbons (Fsp3) is 0.143. The van der Waals surface area contributed by atoms with Crippen LogP contribution in [-0.2, 0) is 16.6 Å². The highest BCUT2D eigenvalue weighted by Gasteiger charge is 2.33. The van der Waals surface area contributed by atoms with E-state index in [1.54, 1.807) is 24.3 Å². The van der Waals surface area contributed by atoms with Gasteiger partial charge in [-0.3, -0.25) is 0 Å². The molecular formula is C14H11ClF3NO3S. The summed E-state index contributed by atoms with van der Waals surface area (Å²) in [5.41, 5.74) is 0.565. The molecule has 2 aromatic carbocycles. The van der Waals surface area contributed by atoms with Crippen molar-refractivity contribution in [1.29, 1.82) is 0 Å². The summed E-state index contributed by atoms with van der Waals surface area (Å²) in [6, 6.07) is 10.9. The van der Waals surface area contributed by atoms with Gasteiger partial charge in [0.1, 0.15) is 10.6 Å². The molecule has 0 aliphatic heterocycles. The van der Waals surface area contributed by atoms with Crippen LogP contribution in [0.15, 0.2) is 53.4 Å². The van der Waals surface area contributed by atoms with Crippen LogP contribution in [0.5, 0.6) is 5.75 Å². The average Bonchev–Trinajstić information content (AvgIpc) is 2.44. The highest BCUT2D eigenvalue weighted by atomic mass is 35.5. The van der Waals surface area contributed by atoms with E-state index >= 15 is 0 Å². The first-order valence-electron chi connectivity index (χ1n) is 6.26. The van der Waals surface area contributed by atoms with Gasteiger partial charge in [-0.05, 0) is 29.8 Å². The van der Waals surface area contributed by atoms with E-state index < -0.39 is 27.0 Å². The fourth-order valence-corrected chi connectivity index (χ4v) is 3.14. The van der Waals surface area contributed by atoms with Crippen LogP contribution in [-0.4, -0.2) is 14.8 Å². The molecule has 0 saturated carbocycles. The summed E-state index contributed by atoms with van der Waals surface area (Å²) in [5.74, 6) is -0.793. The summed E-state index contributed by atoms with van der Waals surface area (Å²) >= 11 is 5.79. The van der Waals surface area contributed by atoms with Crippen LogP contribution in [0.4, 0.5) is 13.2 Å². The molecule has 0 heterocycles. The Hall–Kier alpha value is -1.77. The molecule has 124 valence electrons. The van der Waals surface area contributed by atoms with Gasteiger partial charge >= 0.3 is 6.36 Å². The summed E-state index contributed by atoms with van der Waals surface area (Å²) in [4.78, 5) is -0.598. The van der Waals surface area contributed by atoms with Gasteiger partial charge in [-0.2, -0.15) is 0 Å². The number of alkyl halides is 3. The van der Waals surface area contributed by atoms with Gasteiger partial charge in [-0.15, -0.1) is 13.2 Å². The number of nitrogens with one attached hydrogen (secondary N) is 1. The van der Waals surface area contributed by atoms with Crippen molar-refractivity contribution in [3.63, 3.8) is 0 Å². The lowest BCUT2D eigenvalue weighted by molar-refractivity contribution is -0.275. The van der Waals surface area contributed by atoms with Gasteiger partial charge < -0.3 is 4.74 Å². The molecule has 2 aromatic rings. The minimum Gasteiger partial charge on any atom is -0.404 e. The van der Waals surface area contributed by atoms with Crippen LogP contribution < -0.4 is 9.46 Å². The van der Waals surface area contributed by atoms with Crippen LogP contribution >= 0.6 is 11.6 Å². The van der Waals surface area contributed by atoms with Crippen molar-refractivity contribution in [3.05, 3.63) is 59.1 Å². The Labute approximate surface area is 135 Å². The molecule has 0 aliphatic rings. The highest BCUT2D eigenvalue weighted by molar-refractivity contribution is 7.89. The average molecular weight is 366 g/mol. The molecule has 1 N–H and O–H groups in total. The van der Waals surface area contributed by atoms with Crippen molar-refractivity contribution in [2.75, 3.05) is 0 Å². The number of sulfonamides is 1. The monoisotopic (exact) mass is 365 g/mol. The summed E-state index contributed by atoms with van der Waals surface area (Å²) in [6.45, 7) is -0.122. The molecule has 0 unspecified atom stereocenters. The molecule has 0 aromatic heterocycles. The summed E-state index contributed by atoms with van der Waals surface area (Å²) in [7, 11) is -4.19. The number of benzene rings is 2. The van der Waals surface area contributed by atoms with E-state index in [2.05, 4.69) is 9.46 Å². The van der Waals surface area contributed by atoms with E-state index in [-0.39, 0.29) is 6.54 Å². The molecular weight excluding hydrogens is 355 g/mol. The van der Waals surface area contributed by atoms with Crippen molar-refractivity contribution < 1.29 is 26.3 Å². The van der Waals surface area contributed by atoms with Gasteiger partial charge in [-0.25, -0.2) is 13.1 Å². The quantitative estimate of drug-likeness (QED) is 0.878. The molecule has 0 saturated heterocycles. The third-order valence-electron chi connectivity index (χ3n) is 2.72. The largest absolute Gasteiger partial charge is 0.573 e. The number of hydrogen-bond donors (Lipinski definition) is 1. The Bertz CT molecular complexity index is 794. The van der Waals surface area contributed by atoms with Gasteiger partial charge in [0.05, 0.1) is 0 Å². The molecule has 2 rings (SSSR count). The van der Waals surface area contributed by atoms with E-state index in [0.717, 1.165) is 12.1 Å². The predicted octanol–water partition coefficient (Wildman–Crippen LogP) is 3.72.